The highest BCUT2D eigenvalue weighted by atomic mass is 16.2. The van der Waals surface area contributed by atoms with Crippen LogP contribution in [-0.4, -0.2) is 36.0 Å². The van der Waals surface area contributed by atoms with E-state index in [1.54, 1.807) is 0 Å². The molecule has 1 aliphatic heterocycles. The van der Waals surface area contributed by atoms with Gasteiger partial charge in [-0.3, -0.25) is 4.79 Å². The fraction of sp³-hybridized carbons (Fsp3) is 0.944. The number of nitrogens with zero attached hydrogens (tertiary/aromatic N) is 1. The lowest BCUT2D eigenvalue weighted by atomic mass is 9.84. The lowest BCUT2D eigenvalue weighted by molar-refractivity contribution is -0.134. The van der Waals surface area contributed by atoms with Gasteiger partial charge in [0.05, 0.1) is 0 Å². The summed E-state index contributed by atoms with van der Waals surface area (Å²) in [6.07, 6.45) is 5.55. The smallest absolute Gasteiger partial charge is 0.223 e. The van der Waals surface area contributed by atoms with Gasteiger partial charge in [-0.2, -0.15) is 0 Å². The molecular weight excluding hydrogens is 260 g/mol. The first-order valence-electron chi connectivity index (χ1n) is 8.72. The van der Waals surface area contributed by atoms with Crippen LogP contribution in [0.2, 0.25) is 0 Å². The van der Waals surface area contributed by atoms with E-state index in [9.17, 15) is 4.79 Å². The highest BCUT2D eigenvalue weighted by Crippen LogP contribution is 2.26. The highest BCUT2D eigenvalue weighted by molar-refractivity contribution is 5.76. The lowest BCUT2D eigenvalue weighted by Crippen LogP contribution is -2.48. The van der Waals surface area contributed by atoms with Crippen molar-refractivity contribution in [2.24, 2.45) is 11.3 Å². The Kier molecular flexibility index (Phi) is 7.19. The summed E-state index contributed by atoms with van der Waals surface area (Å²) in [4.78, 5) is 14.7. The third kappa shape index (κ3) is 7.30. The number of hydrogen-bond donors (Lipinski definition) is 1. The lowest BCUT2D eigenvalue weighted by Gasteiger charge is -2.34. The summed E-state index contributed by atoms with van der Waals surface area (Å²) in [6.45, 7) is 15.2. The van der Waals surface area contributed by atoms with E-state index < -0.39 is 0 Å². The van der Waals surface area contributed by atoms with E-state index in [-0.39, 0.29) is 0 Å². The molecule has 0 aromatic carbocycles. The molecule has 1 amide bonds. The molecule has 1 aliphatic rings. The molecule has 2 atom stereocenters. The number of rotatable bonds is 6. The summed E-state index contributed by atoms with van der Waals surface area (Å²) in [5, 5.41) is 3.56. The largest absolute Gasteiger partial charge is 0.339 e. The van der Waals surface area contributed by atoms with Gasteiger partial charge in [-0.1, -0.05) is 34.1 Å². The molecule has 1 fully saturated rings. The minimum Gasteiger partial charge on any atom is -0.339 e. The summed E-state index contributed by atoms with van der Waals surface area (Å²) < 4.78 is 0. The van der Waals surface area contributed by atoms with Crippen molar-refractivity contribution in [1.29, 1.82) is 0 Å². The van der Waals surface area contributed by atoms with Crippen LogP contribution < -0.4 is 5.32 Å². The van der Waals surface area contributed by atoms with Crippen molar-refractivity contribution < 1.29 is 4.79 Å². The molecule has 21 heavy (non-hydrogen) atoms. The molecule has 0 radical (unpaired) electrons. The number of piperidine rings is 1. The van der Waals surface area contributed by atoms with E-state index in [2.05, 4.69) is 51.8 Å². The second-order valence-electron chi connectivity index (χ2n) is 8.36. The predicted molar refractivity (Wildman–Crippen MR) is 90.3 cm³/mol. The molecule has 0 spiro atoms. The molecule has 3 heteroatoms. The Morgan fingerprint density at radius 2 is 1.90 bits per heavy atom. The molecule has 124 valence electrons. The van der Waals surface area contributed by atoms with Gasteiger partial charge in [0.25, 0.3) is 0 Å². The van der Waals surface area contributed by atoms with Crippen molar-refractivity contribution >= 4 is 5.91 Å². The Morgan fingerprint density at radius 3 is 2.38 bits per heavy atom. The topological polar surface area (TPSA) is 32.3 Å². The SMILES string of the molecule is CC(CC(=O)N(CC1CCCCN1)C(C)C)CC(C)(C)C. The maximum Gasteiger partial charge on any atom is 0.223 e. The summed E-state index contributed by atoms with van der Waals surface area (Å²) in [7, 11) is 0. The van der Waals surface area contributed by atoms with Crippen LogP contribution in [0.15, 0.2) is 0 Å². The van der Waals surface area contributed by atoms with Crippen LogP contribution in [0.5, 0.6) is 0 Å². The molecule has 0 bridgehead atoms. The summed E-state index contributed by atoms with van der Waals surface area (Å²) in [6, 6.07) is 0.783. The Hall–Kier alpha value is -0.570. The van der Waals surface area contributed by atoms with Gasteiger partial charge in [-0.15, -0.1) is 0 Å². The average Bonchev–Trinajstić information content (AvgIpc) is 2.34. The van der Waals surface area contributed by atoms with Crippen LogP contribution in [0.1, 0.15) is 73.6 Å². The monoisotopic (exact) mass is 296 g/mol. The van der Waals surface area contributed by atoms with Gasteiger partial charge >= 0.3 is 0 Å². The van der Waals surface area contributed by atoms with E-state index in [1.165, 1.54) is 19.3 Å². The maximum atomic E-state index is 12.7. The minimum atomic E-state index is 0.295. The molecule has 0 saturated carbocycles. The van der Waals surface area contributed by atoms with Crippen molar-refractivity contribution in [3.63, 3.8) is 0 Å². The third-order valence-electron chi connectivity index (χ3n) is 4.26. The third-order valence-corrected chi connectivity index (χ3v) is 4.26. The highest BCUT2D eigenvalue weighted by Gasteiger charge is 2.25. The molecule has 0 aliphatic carbocycles. The van der Waals surface area contributed by atoms with Gasteiger partial charge in [0.15, 0.2) is 0 Å². The Morgan fingerprint density at radius 1 is 1.24 bits per heavy atom. The van der Waals surface area contributed by atoms with Gasteiger partial charge in [0.1, 0.15) is 0 Å². The van der Waals surface area contributed by atoms with E-state index in [0.29, 0.717) is 35.7 Å². The summed E-state index contributed by atoms with van der Waals surface area (Å²) in [5.41, 5.74) is 0.299. The van der Waals surface area contributed by atoms with Crippen LogP contribution in [-0.2, 0) is 4.79 Å². The fourth-order valence-electron chi connectivity index (χ4n) is 3.45. The summed E-state index contributed by atoms with van der Waals surface area (Å²) in [5.74, 6) is 0.784. The quantitative estimate of drug-likeness (QED) is 0.808. The van der Waals surface area contributed by atoms with E-state index in [0.717, 1.165) is 19.5 Å². The standard InChI is InChI=1S/C18H36N2O/c1-14(2)20(13-16-9-7-8-10-19-16)17(21)11-15(3)12-18(4,5)6/h14-16,19H,7-13H2,1-6H3. The van der Waals surface area contributed by atoms with Crippen LogP contribution >= 0.6 is 0 Å². The van der Waals surface area contributed by atoms with Crippen LogP contribution in [0.4, 0.5) is 0 Å². The summed E-state index contributed by atoms with van der Waals surface area (Å²) >= 11 is 0. The average molecular weight is 296 g/mol. The molecule has 1 heterocycles. The van der Waals surface area contributed by atoms with Crippen molar-refractivity contribution in [1.82, 2.24) is 10.2 Å². The van der Waals surface area contributed by atoms with Gasteiger partial charge in [0.2, 0.25) is 5.91 Å². The zero-order valence-electron chi connectivity index (χ0n) is 15.0. The first-order chi connectivity index (χ1) is 9.69. The first kappa shape index (κ1) is 18.5. The van der Waals surface area contributed by atoms with Crippen LogP contribution in [0.3, 0.4) is 0 Å². The first-order valence-corrected chi connectivity index (χ1v) is 8.72. The zero-order valence-corrected chi connectivity index (χ0v) is 15.0. The molecular formula is C18H36N2O. The number of carbonyl (C=O) groups excluding carboxylic acids is 1. The zero-order chi connectivity index (χ0) is 16.0. The van der Waals surface area contributed by atoms with E-state index >= 15 is 0 Å². The normalized spacial score (nSPS) is 21.4. The van der Waals surface area contributed by atoms with E-state index in [4.69, 9.17) is 0 Å². The van der Waals surface area contributed by atoms with Crippen molar-refractivity contribution in [3.05, 3.63) is 0 Å². The number of amides is 1. The Bertz CT molecular complexity index is 314. The molecule has 1 saturated heterocycles. The number of hydrogen-bond acceptors (Lipinski definition) is 2. The molecule has 3 nitrogen and oxygen atoms in total. The van der Waals surface area contributed by atoms with Gasteiger partial charge in [-0.05, 0) is 51.0 Å². The van der Waals surface area contributed by atoms with Gasteiger partial charge < -0.3 is 10.2 Å². The maximum absolute atomic E-state index is 12.7. The van der Waals surface area contributed by atoms with Crippen molar-refractivity contribution in [2.45, 2.75) is 85.7 Å². The molecule has 1 N–H and O–H groups in total. The minimum absolute atomic E-state index is 0.295. The number of nitrogens with one attached hydrogen (secondary N) is 1. The second kappa shape index (κ2) is 8.17. The van der Waals surface area contributed by atoms with Crippen LogP contribution in [0, 0.1) is 11.3 Å². The molecule has 0 aromatic rings. The van der Waals surface area contributed by atoms with Crippen molar-refractivity contribution in [3.8, 4) is 0 Å². The second-order valence-corrected chi connectivity index (χ2v) is 8.36. The fourth-order valence-corrected chi connectivity index (χ4v) is 3.45. The Balaban J connectivity index is 2.52. The molecule has 1 rings (SSSR count). The van der Waals surface area contributed by atoms with Gasteiger partial charge in [0, 0.05) is 25.0 Å². The van der Waals surface area contributed by atoms with E-state index in [1.807, 2.05) is 0 Å². The van der Waals surface area contributed by atoms with Crippen molar-refractivity contribution in [2.75, 3.05) is 13.1 Å². The molecule has 0 aromatic heterocycles. The number of carbonyl (C=O) groups is 1. The van der Waals surface area contributed by atoms with Crippen LogP contribution in [0.25, 0.3) is 0 Å². The predicted octanol–water partition coefficient (Wildman–Crippen LogP) is 3.83. The Labute approximate surface area is 131 Å². The molecule has 2 unspecified atom stereocenters. The van der Waals surface area contributed by atoms with Gasteiger partial charge in [-0.25, -0.2) is 0 Å².